The Morgan fingerprint density at radius 2 is 2.05 bits per heavy atom. The minimum Gasteiger partial charge on any atom is -0.345 e. The molecule has 1 N–H and O–H groups in total. The van der Waals surface area contributed by atoms with Crippen molar-refractivity contribution in [3.63, 3.8) is 0 Å². The van der Waals surface area contributed by atoms with Gasteiger partial charge in [0.2, 0.25) is 11.8 Å². The molecule has 2 atom stereocenters. The van der Waals surface area contributed by atoms with Crippen LogP contribution in [0.2, 0.25) is 10.0 Å². The highest BCUT2D eigenvalue weighted by Gasteiger charge is 2.37. The highest BCUT2D eigenvalue weighted by atomic mass is 35.5. The number of carbonyl (C=O) groups is 2. The van der Waals surface area contributed by atoms with E-state index in [4.69, 9.17) is 23.2 Å². The van der Waals surface area contributed by atoms with Gasteiger partial charge in [-0.2, -0.15) is 0 Å². The molecule has 1 heterocycles. The van der Waals surface area contributed by atoms with Gasteiger partial charge in [0.1, 0.15) is 6.04 Å². The molecular formula is C15H18Cl2N2O2. The summed E-state index contributed by atoms with van der Waals surface area (Å²) in [7, 11) is 0. The van der Waals surface area contributed by atoms with Crippen LogP contribution >= 0.6 is 23.2 Å². The molecule has 2 unspecified atom stereocenters. The molecule has 0 saturated carbocycles. The van der Waals surface area contributed by atoms with Crippen molar-refractivity contribution in [2.75, 3.05) is 6.54 Å². The molecule has 2 rings (SSSR count). The van der Waals surface area contributed by atoms with Crippen LogP contribution in [0.3, 0.4) is 0 Å². The molecule has 1 aliphatic heterocycles. The minimum absolute atomic E-state index is 0.0487. The first kappa shape index (κ1) is 16.1. The van der Waals surface area contributed by atoms with Gasteiger partial charge in [0.05, 0.1) is 16.6 Å². The van der Waals surface area contributed by atoms with E-state index < -0.39 is 6.04 Å². The van der Waals surface area contributed by atoms with Gasteiger partial charge in [-0.15, -0.1) is 0 Å². The number of nitrogens with one attached hydrogen (secondary N) is 1. The van der Waals surface area contributed by atoms with Crippen molar-refractivity contribution >= 4 is 35.0 Å². The second-order valence-electron chi connectivity index (χ2n) is 5.32. The summed E-state index contributed by atoms with van der Waals surface area (Å²) in [6.07, 6.45) is 0.823. The summed E-state index contributed by atoms with van der Waals surface area (Å²) in [5.74, 6) is -0.0768. The van der Waals surface area contributed by atoms with Crippen molar-refractivity contribution in [2.24, 2.45) is 5.92 Å². The SMILES string of the molecule is CCC(C)C1C(=O)NCC(=O)N1Cc1ccc(Cl)c(Cl)c1. The molecule has 1 fully saturated rings. The Hall–Kier alpha value is -1.26. The number of hydrogen-bond acceptors (Lipinski definition) is 2. The van der Waals surface area contributed by atoms with Gasteiger partial charge in [-0.3, -0.25) is 9.59 Å². The summed E-state index contributed by atoms with van der Waals surface area (Å²) < 4.78 is 0. The normalized spacial score (nSPS) is 20.4. The Labute approximate surface area is 134 Å². The fourth-order valence-electron chi connectivity index (χ4n) is 2.48. The van der Waals surface area contributed by atoms with E-state index in [1.807, 2.05) is 19.9 Å². The third-order valence-electron chi connectivity index (χ3n) is 3.86. The number of hydrogen-bond donors (Lipinski definition) is 1. The zero-order valence-corrected chi connectivity index (χ0v) is 13.5. The van der Waals surface area contributed by atoms with Gasteiger partial charge in [-0.05, 0) is 23.6 Å². The lowest BCUT2D eigenvalue weighted by atomic mass is 9.94. The highest BCUT2D eigenvalue weighted by molar-refractivity contribution is 6.42. The molecule has 1 aliphatic rings. The van der Waals surface area contributed by atoms with Crippen LogP contribution in [0.4, 0.5) is 0 Å². The molecular weight excluding hydrogens is 311 g/mol. The maximum Gasteiger partial charge on any atom is 0.243 e. The van der Waals surface area contributed by atoms with Crippen LogP contribution in [0.1, 0.15) is 25.8 Å². The van der Waals surface area contributed by atoms with Crippen molar-refractivity contribution in [3.8, 4) is 0 Å². The fourth-order valence-corrected chi connectivity index (χ4v) is 2.80. The predicted octanol–water partition coefficient (Wildman–Crippen LogP) is 2.87. The maximum absolute atomic E-state index is 12.2. The summed E-state index contributed by atoms with van der Waals surface area (Å²) in [6, 6.07) is 4.82. The number of amides is 2. The number of piperazine rings is 1. The molecule has 4 nitrogen and oxygen atoms in total. The molecule has 21 heavy (non-hydrogen) atoms. The number of nitrogens with zero attached hydrogens (tertiary/aromatic N) is 1. The summed E-state index contributed by atoms with van der Waals surface area (Å²) >= 11 is 11.9. The lowest BCUT2D eigenvalue weighted by Crippen LogP contribution is -2.60. The standard InChI is InChI=1S/C15H18Cl2N2O2/c1-3-9(2)14-15(21)18-7-13(20)19(14)8-10-4-5-11(16)12(17)6-10/h4-6,9,14H,3,7-8H2,1-2H3,(H,18,21). The van der Waals surface area contributed by atoms with Crippen molar-refractivity contribution in [3.05, 3.63) is 33.8 Å². The molecule has 1 saturated heterocycles. The van der Waals surface area contributed by atoms with Crippen LogP contribution in [-0.4, -0.2) is 29.3 Å². The van der Waals surface area contributed by atoms with E-state index in [2.05, 4.69) is 5.32 Å². The Bertz CT molecular complexity index is 563. The smallest absolute Gasteiger partial charge is 0.243 e. The quantitative estimate of drug-likeness (QED) is 0.923. The van der Waals surface area contributed by atoms with E-state index in [1.165, 1.54) is 0 Å². The fraction of sp³-hybridized carbons (Fsp3) is 0.467. The summed E-state index contributed by atoms with van der Waals surface area (Å²) in [4.78, 5) is 25.9. The van der Waals surface area contributed by atoms with Crippen LogP contribution in [-0.2, 0) is 16.1 Å². The molecule has 0 spiro atoms. The average Bonchev–Trinajstić information content (AvgIpc) is 2.46. The first-order valence-electron chi connectivity index (χ1n) is 6.95. The molecule has 6 heteroatoms. The Balaban J connectivity index is 2.26. The predicted molar refractivity (Wildman–Crippen MR) is 83.3 cm³/mol. The molecule has 114 valence electrons. The van der Waals surface area contributed by atoms with Crippen molar-refractivity contribution in [1.29, 1.82) is 0 Å². The van der Waals surface area contributed by atoms with Gasteiger partial charge in [-0.25, -0.2) is 0 Å². The first-order valence-corrected chi connectivity index (χ1v) is 7.70. The molecule has 2 amide bonds. The van der Waals surface area contributed by atoms with E-state index in [1.54, 1.807) is 17.0 Å². The van der Waals surface area contributed by atoms with Gasteiger partial charge in [0.15, 0.2) is 0 Å². The summed E-state index contributed by atoms with van der Waals surface area (Å²) in [6.45, 7) is 4.39. The molecule has 1 aromatic rings. The van der Waals surface area contributed by atoms with Gasteiger partial charge in [0.25, 0.3) is 0 Å². The largest absolute Gasteiger partial charge is 0.345 e. The van der Waals surface area contributed by atoms with Gasteiger partial charge in [-0.1, -0.05) is 49.5 Å². The lowest BCUT2D eigenvalue weighted by molar-refractivity contribution is -0.148. The first-order chi connectivity index (χ1) is 9.93. The second-order valence-corrected chi connectivity index (χ2v) is 6.13. The maximum atomic E-state index is 12.2. The van der Waals surface area contributed by atoms with E-state index in [9.17, 15) is 9.59 Å². The number of rotatable bonds is 4. The molecule has 0 radical (unpaired) electrons. The van der Waals surface area contributed by atoms with Crippen LogP contribution in [0.5, 0.6) is 0 Å². The van der Waals surface area contributed by atoms with Crippen LogP contribution in [0.15, 0.2) is 18.2 Å². The Morgan fingerprint density at radius 3 is 2.67 bits per heavy atom. The molecule has 0 bridgehead atoms. The lowest BCUT2D eigenvalue weighted by Gasteiger charge is -2.38. The third-order valence-corrected chi connectivity index (χ3v) is 4.60. The highest BCUT2D eigenvalue weighted by Crippen LogP contribution is 2.25. The van der Waals surface area contributed by atoms with E-state index >= 15 is 0 Å². The zero-order valence-electron chi connectivity index (χ0n) is 12.0. The van der Waals surface area contributed by atoms with E-state index in [0.29, 0.717) is 16.6 Å². The number of halogens is 2. The topological polar surface area (TPSA) is 49.4 Å². The molecule has 0 aliphatic carbocycles. The number of carbonyl (C=O) groups excluding carboxylic acids is 2. The molecule has 1 aromatic carbocycles. The second kappa shape index (κ2) is 6.67. The van der Waals surface area contributed by atoms with E-state index in [-0.39, 0.29) is 24.3 Å². The Kier molecular flexibility index (Phi) is 5.12. The summed E-state index contributed by atoms with van der Waals surface area (Å²) in [5.41, 5.74) is 0.862. The average molecular weight is 329 g/mol. The van der Waals surface area contributed by atoms with Crippen LogP contribution < -0.4 is 5.32 Å². The van der Waals surface area contributed by atoms with Gasteiger partial charge >= 0.3 is 0 Å². The van der Waals surface area contributed by atoms with Crippen molar-refractivity contribution in [2.45, 2.75) is 32.9 Å². The van der Waals surface area contributed by atoms with Crippen molar-refractivity contribution in [1.82, 2.24) is 10.2 Å². The Morgan fingerprint density at radius 1 is 1.33 bits per heavy atom. The monoisotopic (exact) mass is 328 g/mol. The van der Waals surface area contributed by atoms with Gasteiger partial charge < -0.3 is 10.2 Å². The third kappa shape index (κ3) is 3.50. The number of benzene rings is 1. The zero-order chi connectivity index (χ0) is 15.6. The van der Waals surface area contributed by atoms with Crippen molar-refractivity contribution < 1.29 is 9.59 Å². The minimum atomic E-state index is -0.439. The van der Waals surface area contributed by atoms with Crippen LogP contribution in [0.25, 0.3) is 0 Å². The van der Waals surface area contributed by atoms with E-state index in [0.717, 1.165) is 12.0 Å². The van der Waals surface area contributed by atoms with Crippen LogP contribution in [0, 0.1) is 5.92 Å². The molecule has 0 aromatic heterocycles. The van der Waals surface area contributed by atoms with Gasteiger partial charge in [0, 0.05) is 6.54 Å². The summed E-state index contributed by atoms with van der Waals surface area (Å²) in [5, 5.41) is 3.58.